The molecule has 0 aliphatic rings. The Morgan fingerprint density at radius 3 is 2.67 bits per heavy atom. The molecule has 1 aromatic heterocycles. The van der Waals surface area contributed by atoms with Gasteiger partial charge in [-0.3, -0.25) is 10.1 Å². The van der Waals surface area contributed by atoms with E-state index in [0.29, 0.717) is 11.8 Å². The van der Waals surface area contributed by atoms with E-state index in [4.69, 9.17) is 10.3 Å². The standard InChI is InChI=1S/C11H9F2N3O2/c1-5-2-10(18-16-5)15-11(17)6-3-9(14)8(13)4-7(6)12/h2-4H,14H2,1H3,(H,15,17). The second-order valence-corrected chi connectivity index (χ2v) is 3.64. The van der Waals surface area contributed by atoms with Crippen molar-refractivity contribution in [1.29, 1.82) is 0 Å². The normalized spacial score (nSPS) is 10.4. The van der Waals surface area contributed by atoms with Gasteiger partial charge in [0.2, 0.25) is 5.88 Å². The van der Waals surface area contributed by atoms with Gasteiger partial charge < -0.3 is 10.3 Å². The number of benzene rings is 1. The highest BCUT2D eigenvalue weighted by atomic mass is 19.1. The Hall–Kier alpha value is -2.44. The van der Waals surface area contributed by atoms with Gasteiger partial charge in [0, 0.05) is 12.1 Å². The van der Waals surface area contributed by atoms with Crippen LogP contribution in [0.5, 0.6) is 0 Å². The van der Waals surface area contributed by atoms with Crippen LogP contribution in [-0.4, -0.2) is 11.1 Å². The first kappa shape index (κ1) is 12.0. The van der Waals surface area contributed by atoms with Crippen molar-refractivity contribution in [3.05, 3.63) is 41.1 Å². The van der Waals surface area contributed by atoms with E-state index in [-0.39, 0.29) is 17.1 Å². The lowest BCUT2D eigenvalue weighted by Crippen LogP contribution is -2.14. The van der Waals surface area contributed by atoms with Gasteiger partial charge in [0.15, 0.2) is 0 Å². The molecule has 18 heavy (non-hydrogen) atoms. The van der Waals surface area contributed by atoms with Crippen molar-refractivity contribution in [2.75, 3.05) is 11.1 Å². The Balaban J connectivity index is 2.26. The Kier molecular flexibility index (Phi) is 2.97. The molecule has 0 aliphatic carbocycles. The molecule has 1 heterocycles. The number of anilines is 2. The summed E-state index contributed by atoms with van der Waals surface area (Å²) in [6, 6.07) is 2.93. The molecule has 1 amide bonds. The zero-order valence-corrected chi connectivity index (χ0v) is 9.33. The minimum absolute atomic E-state index is 0.0693. The second-order valence-electron chi connectivity index (χ2n) is 3.64. The number of carbonyl (C=O) groups is 1. The average Bonchev–Trinajstić information content (AvgIpc) is 2.69. The minimum atomic E-state index is -1.00. The number of hydrogen-bond acceptors (Lipinski definition) is 4. The first-order valence-electron chi connectivity index (χ1n) is 4.96. The van der Waals surface area contributed by atoms with Crippen LogP contribution >= 0.6 is 0 Å². The largest absolute Gasteiger partial charge is 0.396 e. The number of amides is 1. The van der Waals surface area contributed by atoms with E-state index in [0.717, 1.165) is 6.07 Å². The minimum Gasteiger partial charge on any atom is -0.396 e. The van der Waals surface area contributed by atoms with Gasteiger partial charge in [-0.15, -0.1) is 0 Å². The maximum atomic E-state index is 13.4. The lowest BCUT2D eigenvalue weighted by Gasteiger charge is -2.04. The van der Waals surface area contributed by atoms with E-state index in [9.17, 15) is 13.6 Å². The molecule has 0 atom stereocenters. The van der Waals surface area contributed by atoms with Gasteiger partial charge in [0.05, 0.1) is 16.9 Å². The number of nitrogens with zero attached hydrogens (tertiary/aromatic N) is 1. The molecule has 2 aromatic rings. The molecule has 0 saturated carbocycles. The van der Waals surface area contributed by atoms with Crippen molar-refractivity contribution in [2.45, 2.75) is 6.92 Å². The van der Waals surface area contributed by atoms with E-state index < -0.39 is 17.5 Å². The number of nitrogens with one attached hydrogen (secondary N) is 1. The molecular weight excluding hydrogens is 244 g/mol. The number of aryl methyl sites for hydroxylation is 1. The number of carbonyl (C=O) groups excluding carboxylic acids is 1. The Morgan fingerprint density at radius 2 is 2.06 bits per heavy atom. The van der Waals surface area contributed by atoms with Gasteiger partial charge in [0.1, 0.15) is 11.6 Å². The molecule has 0 radical (unpaired) electrons. The molecule has 0 unspecified atom stereocenters. The lowest BCUT2D eigenvalue weighted by atomic mass is 10.1. The third kappa shape index (κ3) is 2.29. The zero-order valence-electron chi connectivity index (χ0n) is 9.33. The number of nitrogens with two attached hydrogens (primary N) is 1. The highest BCUT2D eigenvalue weighted by molar-refractivity contribution is 6.04. The number of rotatable bonds is 2. The predicted molar refractivity (Wildman–Crippen MR) is 60.0 cm³/mol. The molecule has 0 spiro atoms. The summed E-state index contributed by atoms with van der Waals surface area (Å²) in [5, 5.41) is 5.83. The van der Waals surface area contributed by atoms with Crippen LogP contribution in [0.4, 0.5) is 20.4 Å². The third-order valence-electron chi connectivity index (χ3n) is 2.20. The van der Waals surface area contributed by atoms with Crippen LogP contribution in [0, 0.1) is 18.6 Å². The van der Waals surface area contributed by atoms with Crippen LogP contribution in [0.2, 0.25) is 0 Å². The molecule has 3 N–H and O–H groups in total. The fourth-order valence-corrected chi connectivity index (χ4v) is 1.34. The summed E-state index contributed by atoms with van der Waals surface area (Å²) in [5.74, 6) is -2.65. The highest BCUT2D eigenvalue weighted by Crippen LogP contribution is 2.18. The second kappa shape index (κ2) is 4.44. The molecule has 7 heteroatoms. The maximum Gasteiger partial charge on any atom is 0.261 e. The summed E-state index contributed by atoms with van der Waals surface area (Å²) >= 11 is 0. The highest BCUT2D eigenvalue weighted by Gasteiger charge is 2.16. The molecule has 0 bridgehead atoms. The summed E-state index contributed by atoms with van der Waals surface area (Å²) in [5.41, 5.74) is 5.14. The molecule has 0 fully saturated rings. The van der Waals surface area contributed by atoms with Crippen LogP contribution in [0.15, 0.2) is 22.7 Å². The molecule has 5 nitrogen and oxygen atoms in total. The van der Waals surface area contributed by atoms with Gasteiger partial charge in [-0.05, 0) is 13.0 Å². The Morgan fingerprint density at radius 1 is 1.33 bits per heavy atom. The summed E-state index contributed by atoms with van der Waals surface area (Å²) in [6.45, 7) is 1.66. The van der Waals surface area contributed by atoms with Crippen LogP contribution in [-0.2, 0) is 0 Å². The van der Waals surface area contributed by atoms with Crippen LogP contribution in [0.25, 0.3) is 0 Å². The molecule has 94 valence electrons. The van der Waals surface area contributed by atoms with Crippen LogP contribution in [0.1, 0.15) is 16.1 Å². The van der Waals surface area contributed by atoms with Crippen molar-refractivity contribution in [1.82, 2.24) is 5.16 Å². The number of hydrogen-bond donors (Lipinski definition) is 2. The molecule has 2 rings (SSSR count). The summed E-state index contributed by atoms with van der Waals surface area (Å²) in [4.78, 5) is 11.7. The van der Waals surface area contributed by atoms with Crippen LogP contribution in [0.3, 0.4) is 0 Å². The van der Waals surface area contributed by atoms with E-state index in [1.165, 1.54) is 6.07 Å². The van der Waals surface area contributed by atoms with Crippen molar-refractivity contribution < 1.29 is 18.1 Å². The Labute approximate surface area is 101 Å². The first-order chi connectivity index (χ1) is 8.47. The Bertz CT molecular complexity index is 610. The topological polar surface area (TPSA) is 81.2 Å². The summed E-state index contributed by atoms with van der Waals surface area (Å²) in [6.07, 6.45) is 0. The van der Waals surface area contributed by atoms with Gasteiger partial charge >= 0.3 is 0 Å². The van der Waals surface area contributed by atoms with E-state index >= 15 is 0 Å². The average molecular weight is 253 g/mol. The number of halogens is 2. The lowest BCUT2D eigenvalue weighted by molar-refractivity contribution is 0.102. The summed E-state index contributed by atoms with van der Waals surface area (Å²) < 4.78 is 31.1. The monoisotopic (exact) mass is 253 g/mol. The van der Waals surface area contributed by atoms with Crippen molar-refractivity contribution in [3.8, 4) is 0 Å². The fourth-order valence-electron chi connectivity index (χ4n) is 1.34. The van der Waals surface area contributed by atoms with E-state index in [1.54, 1.807) is 6.92 Å². The van der Waals surface area contributed by atoms with Gasteiger partial charge in [-0.1, -0.05) is 5.16 Å². The van der Waals surface area contributed by atoms with E-state index in [2.05, 4.69) is 10.5 Å². The molecule has 0 aliphatic heterocycles. The van der Waals surface area contributed by atoms with Gasteiger partial charge in [-0.25, -0.2) is 8.78 Å². The summed E-state index contributed by atoms with van der Waals surface area (Å²) in [7, 11) is 0. The van der Waals surface area contributed by atoms with Crippen molar-refractivity contribution in [2.24, 2.45) is 0 Å². The quantitative estimate of drug-likeness (QED) is 0.803. The van der Waals surface area contributed by atoms with Gasteiger partial charge in [-0.2, -0.15) is 0 Å². The fraction of sp³-hybridized carbons (Fsp3) is 0.0909. The molecular formula is C11H9F2N3O2. The molecule has 1 aromatic carbocycles. The predicted octanol–water partition coefficient (Wildman–Crippen LogP) is 2.10. The maximum absolute atomic E-state index is 13.4. The van der Waals surface area contributed by atoms with E-state index in [1.807, 2.05) is 0 Å². The van der Waals surface area contributed by atoms with Crippen molar-refractivity contribution in [3.63, 3.8) is 0 Å². The van der Waals surface area contributed by atoms with Gasteiger partial charge in [0.25, 0.3) is 5.91 Å². The van der Waals surface area contributed by atoms with Crippen molar-refractivity contribution >= 4 is 17.5 Å². The SMILES string of the molecule is Cc1cc(NC(=O)c2cc(N)c(F)cc2F)on1. The number of aromatic nitrogens is 1. The zero-order chi connectivity index (χ0) is 13.3. The third-order valence-corrected chi connectivity index (χ3v) is 2.20. The molecule has 0 saturated heterocycles. The first-order valence-corrected chi connectivity index (χ1v) is 4.96. The smallest absolute Gasteiger partial charge is 0.261 e. The van der Waals surface area contributed by atoms with Crippen LogP contribution < -0.4 is 11.1 Å². The number of nitrogen functional groups attached to an aromatic ring is 1.